The van der Waals surface area contributed by atoms with E-state index in [0.29, 0.717) is 11.3 Å². The Balaban J connectivity index is 2.29. The van der Waals surface area contributed by atoms with Crippen LogP contribution in [0.3, 0.4) is 0 Å². The van der Waals surface area contributed by atoms with Gasteiger partial charge in [-0.25, -0.2) is 4.79 Å². The molecule has 0 unspecified atom stereocenters. The first-order chi connectivity index (χ1) is 9.01. The third kappa shape index (κ3) is 2.96. The summed E-state index contributed by atoms with van der Waals surface area (Å²) < 4.78 is 12.2. The molecule has 0 aliphatic rings. The summed E-state index contributed by atoms with van der Waals surface area (Å²) in [5.74, 6) is 0.0984. The van der Waals surface area contributed by atoms with Gasteiger partial charge < -0.3 is 13.7 Å². The van der Waals surface area contributed by atoms with Crippen LogP contribution in [0.15, 0.2) is 38.1 Å². The van der Waals surface area contributed by atoms with Crippen molar-refractivity contribution in [1.82, 2.24) is 4.57 Å². The molecule has 0 fully saturated rings. The van der Waals surface area contributed by atoms with Gasteiger partial charge >= 0.3 is 5.97 Å². The summed E-state index contributed by atoms with van der Waals surface area (Å²) >= 11 is 3.34. The number of hydrogen-bond donors (Lipinski definition) is 0. The van der Waals surface area contributed by atoms with E-state index in [1.165, 1.54) is 17.7 Å². The van der Waals surface area contributed by atoms with Gasteiger partial charge in [-0.05, 0) is 41.1 Å². The first kappa shape index (κ1) is 13.6. The summed E-state index contributed by atoms with van der Waals surface area (Å²) in [6, 6.07) is 4.92. The molecular formula is C13H12BrNO4. The molecule has 0 aliphatic heterocycles. The zero-order valence-electron chi connectivity index (χ0n) is 10.5. The topological polar surface area (TPSA) is 61.4 Å². The van der Waals surface area contributed by atoms with Crippen LogP contribution in [-0.2, 0) is 11.3 Å². The summed E-state index contributed by atoms with van der Waals surface area (Å²) in [7, 11) is 1.28. The van der Waals surface area contributed by atoms with Gasteiger partial charge in [0.2, 0.25) is 5.76 Å². The van der Waals surface area contributed by atoms with E-state index in [9.17, 15) is 9.59 Å². The van der Waals surface area contributed by atoms with E-state index >= 15 is 0 Å². The Kier molecular flexibility index (Phi) is 3.90. The molecule has 0 atom stereocenters. The molecule has 2 rings (SSSR count). The monoisotopic (exact) mass is 325 g/mol. The quantitative estimate of drug-likeness (QED) is 0.813. The first-order valence-corrected chi connectivity index (χ1v) is 6.34. The van der Waals surface area contributed by atoms with Crippen molar-refractivity contribution in [3.63, 3.8) is 0 Å². The zero-order chi connectivity index (χ0) is 14.0. The average molecular weight is 326 g/mol. The highest BCUT2D eigenvalue weighted by atomic mass is 79.9. The largest absolute Gasteiger partial charge is 0.463 e. The van der Waals surface area contributed by atoms with Crippen molar-refractivity contribution in [2.75, 3.05) is 7.11 Å². The fourth-order valence-electron chi connectivity index (χ4n) is 1.70. The average Bonchev–Trinajstić information content (AvgIpc) is 2.83. The number of rotatable bonds is 3. The Morgan fingerprint density at radius 3 is 2.89 bits per heavy atom. The Morgan fingerprint density at radius 2 is 2.21 bits per heavy atom. The van der Waals surface area contributed by atoms with Crippen LogP contribution in [-0.4, -0.2) is 17.6 Å². The van der Waals surface area contributed by atoms with Crippen LogP contribution in [0.5, 0.6) is 0 Å². The molecule has 5 nitrogen and oxygen atoms in total. The molecule has 2 aromatic heterocycles. The molecule has 0 saturated carbocycles. The Labute approximate surface area is 117 Å². The first-order valence-electron chi connectivity index (χ1n) is 5.55. The Bertz CT molecular complexity index is 672. The number of esters is 1. The van der Waals surface area contributed by atoms with Gasteiger partial charge in [0.15, 0.2) is 0 Å². The smallest absolute Gasteiger partial charge is 0.373 e. The fraction of sp³-hybridized carbons (Fsp3) is 0.231. The van der Waals surface area contributed by atoms with Crippen LogP contribution in [0.1, 0.15) is 21.9 Å². The molecule has 2 heterocycles. The predicted molar refractivity (Wildman–Crippen MR) is 72.3 cm³/mol. The van der Waals surface area contributed by atoms with Crippen molar-refractivity contribution >= 4 is 21.9 Å². The van der Waals surface area contributed by atoms with E-state index in [-0.39, 0.29) is 17.9 Å². The summed E-state index contributed by atoms with van der Waals surface area (Å²) in [4.78, 5) is 23.2. The lowest BCUT2D eigenvalue weighted by atomic mass is 10.3. The molecule has 19 heavy (non-hydrogen) atoms. The minimum absolute atomic E-state index is 0.0979. The van der Waals surface area contributed by atoms with Crippen LogP contribution < -0.4 is 5.56 Å². The van der Waals surface area contributed by atoms with E-state index in [0.717, 1.165) is 4.47 Å². The molecular weight excluding hydrogens is 314 g/mol. The van der Waals surface area contributed by atoms with Crippen molar-refractivity contribution in [3.8, 4) is 0 Å². The lowest BCUT2D eigenvalue weighted by Gasteiger charge is -2.05. The number of furan rings is 1. The molecule has 0 N–H and O–H groups in total. The van der Waals surface area contributed by atoms with E-state index < -0.39 is 5.97 Å². The number of pyridine rings is 1. The van der Waals surface area contributed by atoms with E-state index in [4.69, 9.17) is 4.42 Å². The molecule has 0 radical (unpaired) electrons. The molecule has 0 saturated heterocycles. The van der Waals surface area contributed by atoms with Crippen molar-refractivity contribution in [3.05, 3.63) is 56.3 Å². The number of aryl methyl sites for hydroxylation is 1. The summed E-state index contributed by atoms with van der Waals surface area (Å²) in [6.45, 7) is 2.00. The molecule has 0 aromatic carbocycles. The molecule has 0 spiro atoms. The Morgan fingerprint density at radius 1 is 1.47 bits per heavy atom. The van der Waals surface area contributed by atoms with Gasteiger partial charge in [0, 0.05) is 16.2 Å². The minimum atomic E-state index is -0.538. The van der Waals surface area contributed by atoms with E-state index in [1.807, 2.05) is 0 Å². The number of hydrogen-bond acceptors (Lipinski definition) is 4. The number of nitrogens with zero attached hydrogens (tertiary/aromatic N) is 1. The SMILES string of the molecule is COC(=O)c1ccc(Cn2cc(Br)cc(C)c2=O)o1. The summed E-state index contributed by atoms with van der Waals surface area (Å²) in [6.07, 6.45) is 1.68. The van der Waals surface area contributed by atoms with Crippen molar-refractivity contribution in [1.29, 1.82) is 0 Å². The number of halogens is 1. The minimum Gasteiger partial charge on any atom is -0.463 e. The number of ether oxygens (including phenoxy) is 1. The number of carbonyl (C=O) groups is 1. The predicted octanol–water partition coefficient (Wildman–Crippen LogP) is 2.35. The number of methoxy groups -OCH3 is 1. The van der Waals surface area contributed by atoms with Crippen LogP contribution in [0.4, 0.5) is 0 Å². The van der Waals surface area contributed by atoms with Gasteiger partial charge in [-0.3, -0.25) is 4.79 Å². The van der Waals surface area contributed by atoms with Crippen molar-refractivity contribution < 1.29 is 13.9 Å². The molecule has 6 heteroatoms. The van der Waals surface area contributed by atoms with Gasteiger partial charge in [0.1, 0.15) is 5.76 Å². The highest BCUT2D eigenvalue weighted by molar-refractivity contribution is 9.10. The lowest BCUT2D eigenvalue weighted by Crippen LogP contribution is -2.21. The molecule has 0 amide bonds. The second kappa shape index (κ2) is 5.44. The highest BCUT2D eigenvalue weighted by Gasteiger charge is 2.12. The van der Waals surface area contributed by atoms with Crippen LogP contribution in [0, 0.1) is 6.92 Å². The third-order valence-electron chi connectivity index (χ3n) is 2.61. The summed E-state index contributed by atoms with van der Waals surface area (Å²) in [5, 5.41) is 0. The van der Waals surface area contributed by atoms with E-state index in [1.54, 1.807) is 25.3 Å². The van der Waals surface area contributed by atoms with Crippen molar-refractivity contribution in [2.45, 2.75) is 13.5 Å². The van der Waals surface area contributed by atoms with E-state index in [2.05, 4.69) is 20.7 Å². The Hall–Kier alpha value is -1.82. The molecule has 2 aromatic rings. The van der Waals surface area contributed by atoms with Gasteiger partial charge in [-0.15, -0.1) is 0 Å². The maximum absolute atomic E-state index is 11.9. The second-order valence-corrected chi connectivity index (χ2v) is 4.95. The zero-order valence-corrected chi connectivity index (χ0v) is 12.1. The van der Waals surface area contributed by atoms with Crippen LogP contribution in [0.2, 0.25) is 0 Å². The van der Waals surface area contributed by atoms with Crippen LogP contribution >= 0.6 is 15.9 Å². The molecule has 0 aliphatic carbocycles. The van der Waals surface area contributed by atoms with Crippen molar-refractivity contribution in [2.24, 2.45) is 0 Å². The van der Waals surface area contributed by atoms with Crippen LogP contribution in [0.25, 0.3) is 0 Å². The summed E-state index contributed by atoms with van der Waals surface area (Å²) in [5.41, 5.74) is 0.536. The highest BCUT2D eigenvalue weighted by Crippen LogP contribution is 2.12. The third-order valence-corrected chi connectivity index (χ3v) is 3.04. The number of carbonyl (C=O) groups excluding carboxylic acids is 1. The van der Waals surface area contributed by atoms with Gasteiger partial charge in [-0.1, -0.05) is 0 Å². The van der Waals surface area contributed by atoms with Gasteiger partial charge in [-0.2, -0.15) is 0 Å². The van der Waals surface area contributed by atoms with Gasteiger partial charge in [0.05, 0.1) is 13.7 Å². The van der Waals surface area contributed by atoms with Gasteiger partial charge in [0.25, 0.3) is 5.56 Å². The maximum Gasteiger partial charge on any atom is 0.373 e. The second-order valence-electron chi connectivity index (χ2n) is 4.03. The standard InChI is InChI=1S/C13H12BrNO4/c1-8-5-9(14)6-15(12(8)16)7-10-3-4-11(19-10)13(17)18-2/h3-6H,7H2,1-2H3. The fourth-order valence-corrected chi connectivity index (χ4v) is 2.29. The normalized spacial score (nSPS) is 10.5. The molecule has 0 bridgehead atoms. The maximum atomic E-state index is 11.9. The molecule has 100 valence electrons. The lowest BCUT2D eigenvalue weighted by molar-refractivity contribution is 0.0563. The number of aromatic nitrogens is 1.